The van der Waals surface area contributed by atoms with Gasteiger partial charge in [-0.05, 0) is 41.1 Å². The minimum atomic E-state index is -1.05. The lowest BCUT2D eigenvalue weighted by atomic mass is 9.85. The second-order valence-electron chi connectivity index (χ2n) is 14.2. The van der Waals surface area contributed by atoms with E-state index in [1.807, 2.05) is 48.5 Å². The molecule has 2 aliphatic rings. The first-order valence-electron chi connectivity index (χ1n) is 15.7. The molecule has 0 aromatic carbocycles. The first-order valence-corrected chi connectivity index (χ1v) is 15.7. The summed E-state index contributed by atoms with van der Waals surface area (Å²) in [6.07, 6.45) is 3.31. The average Bonchev–Trinajstić information content (AvgIpc) is 3.28. The van der Waals surface area contributed by atoms with Gasteiger partial charge in [0.15, 0.2) is 0 Å². The van der Waals surface area contributed by atoms with Crippen molar-refractivity contribution in [2.24, 2.45) is 28.6 Å². The van der Waals surface area contributed by atoms with Crippen LogP contribution in [0.2, 0.25) is 0 Å². The third-order valence-electron chi connectivity index (χ3n) is 9.23. The maximum absolute atomic E-state index is 14.2. The highest BCUT2D eigenvalue weighted by atomic mass is 16.2. The molecule has 0 radical (unpaired) electrons. The van der Waals surface area contributed by atoms with E-state index in [1.54, 1.807) is 25.3 Å². The topological polar surface area (TPSA) is 159 Å². The highest BCUT2D eigenvalue weighted by molar-refractivity contribution is 6.38. The average molecular weight is 627 g/mol. The van der Waals surface area contributed by atoms with Gasteiger partial charge >= 0.3 is 6.03 Å². The summed E-state index contributed by atoms with van der Waals surface area (Å²) in [6, 6.07) is 1.01. The standard InChI is InChI=1S/C33H50N6O6/c1-10-15-34-29(43)26(41)21(11-2)35-28(42)25-24-20(33(24,8)9)17-39(25)30(44)27(32(5,6)7)37-31(45)36-22(19(3)4)18-38-16-13-12-14-23(38)40/h10,12-14,16,19-22,24-25,27H,1,11,15,17-18H2,2-9H3,(H,34,43)(H,35,42)(H2,36,37,45)/t20-,21?,22+,24-,25-,27+/m0/s1. The van der Waals surface area contributed by atoms with Crippen molar-refractivity contribution < 1.29 is 24.0 Å². The molecule has 2 heterocycles. The van der Waals surface area contributed by atoms with E-state index in [0.29, 0.717) is 6.54 Å². The van der Waals surface area contributed by atoms with Crippen LogP contribution in [0.4, 0.5) is 4.79 Å². The molecular weight excluding hydrogens is 576 g/mol. The number of amides is 5. The van der Waals surface area contributed by atoms with E-state index in [-0.39, 0.29) is 48.2 Å². The number of carbonyl (C=O) groups is 5. The zero-order valence-corrected chi connectivity index (χ0v) is 27.8. The number of hydrogen-bond donors (Lipinski definition) is 4. The van der Waals surface area contributed by atoms with Gasteiger partial charge in [0.1, 0.15) is 12.1 Å². The van der Waals surface area contributed by atoms with Crippen LogP contribution in [0, 0.1) is 28.6 Å². The lowest BCUT2D eigenvalue weighted by molar-refractivity contribution is -0.145. The third kappa shape index (κ3) is 8.01. The Morgan fingerprint density at radius 2 is 1.76 bits per heavy atom. The van der Waals surface area contributed by atoms with Gasteiger partial charge in [0.2, 0.25) is 17.6 Å². The molecule has 5 amide bonds. The van der Waals surface area contributed by atoms with E-state index in [2.05, 4.69) is 27.8 Å². The summed E-state index contributed by atoms with van der Waals surface area (Å²) >= 11 is 0. The Kier molecular flexibility index (Phi) is 11.0. The minimum Gasteiger partial charge on any atom is -0.346 e. The zero-order valence-electron chi connectivity index (χ0n) is 27.8. The fourth-order valence-corrected chi connectivity index (χ4v) is 6.24. The molecule has 0 bridgehead atoms. The van der Waals surface area contributed by atoms with Crippen LogP contribution in [0.25, 0.3) is 0 Å². The van der Waals surface area contributed by atoms with Gasteiger partial charge < -0.3 is 30.7 Å². The van der Waals surface area contributed by atoms with E-state index < -0.39 is 59.1 Å². The van der Waals surface area contributed by atoms with Crippen molar-refractivity contribution in [3.05, 3.63) is 47.4 Å². The number of ketones is 1. The largest absolute Gasteiger partial charge is 0.346 e. The molecule has 1 saturated heterocycles. The summed E-state index contributed by atoms with van der Waals surface area (Å²) in [7, 11) is 0. The molecule has 6 atom stereocenters. The molecule has 12 heteroatoms. The van der Waals surface area contributed by atoms with E-state index in [9.17, 15) is 28.8 Å². The molecule has 1 unspecified atom stereocenters. The van der Waals surface area contributed by atoms with Crippen LogP contribution in [0.5, 0.6) is 0 Å². The van der Waals surface area contributed by atoms with Crippen molar-refractivity contribution in [2.75, 3.05) is 13.1 Å². The predicted molar refractivity (Wildman–Crippen MR) is 171 cm³/mol. The first-order chi connectivity index (χ1) is 20.9. The van der Waals surface area contributed by atoms with E-state index >= 15 is 0 Å². The predicted octanol–water partition coefficient (Wildman–Crippen LogP) is 1.84. The van der Waals surface area contributed by atoms with Crippen molar-refractivity contribution in [3.8, 4) is 0 Å². The summed E-state index contributed by atoms with van der Waals surface area (Å²) < 4.78 is 1.52. The molecule has 1 aromatic heterocycles. The van der Waals surface area contributed by atoms with Crippen LogP contribution in [0.1, 0.15) is 61.8 Å². The number of urea groups is 1. The first kappa shape index (κ1) is 35.5. The molecular formula is C33H50N6O6. The fraction of sp³-hybridized carbons (Fsp3) is 0.636. The molecule has 248 valence electrons. The van der Waals surface area contributed by atoms with Crippen LogP contribution in [0.3, 0.4) is 0 Å². The van der Waals surface area contributed by atoms with E-state index in [4.69, 9.17) is 0 Å². The Balaban J connectivity index is 1.80. The minimum absolute atomic E-state index is 0.0132. The Morgan fingerprint density at radius 3 is 2.31 bits per heavy atom. The SMILES string of the molecule is C=CCNC(=O)C(=O)C(CC)NC(=O)[C@@H]1[C@@H]2[C@H](CN1C(=O)[C@@H](NC(=O)N[C@H](Cn1ccccc1=O)C(C)C)C(C)(C)C)C2(C)C. The van der Waals surface area contributed by atoms with Gasteiger partial charge in [0.25, 0.3) is 11.5 Å². The highest BCUT2D eigenvalue weighted by Gasteiger charge is 2.69. The van der Waals surface area contributed by atoms with Gasteiger partial charge in [-0.1, -0.05) is 67.5 Å². The van der Waals surface area contributed by atoms with Gasteiger partial charge in [0, 0.05) is 31.9 Å². The Morgan fingerprint density at radius 1 is 1.09 bits per heavy atom. The molecule has 1 aromatic rings. The summed E-state index contributed by atoms with van der Waals surface area (Å²) in [5.74, 6) is -2.54. The van der Waals surface area contributed by atoms with Crippen LogP contribution < -0.4 is 26.8 Å². The Bertz CT molecular complexity index is 1360. The molecule has 0 spiro atoms. The van der Waals surface area contributed by atoms with Gasteiger partial charge in [0.05, 0.1) is 12.1 Å². The smallest absolute Gasteiger partial charge is 0.315 e. The van der Waals surface area contributed by atoms with Gasteiger partial charge in [-0.25, -0.2) is 4.79 Å². The van der Waals surface area contributed by atoms with Gasteiger partial charge in [-0.3, -0.25) is 24.0 Å². The number of rotatable bonds is 13. The number of pyridine rings is 1. The zero-order chi connectivity index (χ0) is 33.9. The second kappa shape index (κ2) is 14.0. The normalized spacial score (nSPS) is 22.0. The lowest BCUT2D eigenvalue weighted by Crippen LogP contribution is -2.62. The van der Waals surface area contributed by atoms with Crippen LogP contribution in [-0.4, -0.2) is 76.3 Å². The van der Waals surface area contributed by atoms with E-state index in [0.717, 1.165) is 0 Å². The molecule has 1 aliphatic carbocycles. The Labute approximate surface area is 265 Å². The van der Waals surface area contributed by atoms with Gasteiger partial charge in [-0.15, -0.1) is 6.58 Å². The van der Waals surface area contributed by atoms with Crippen molar-refractivity contribution in [3.63, 3.8) is 0 Å². The molecule has 2 fully saturated rings. The maximum atomic E-state index is 14.2. The molecule has 1 aliphatic heterocycles. The lowest BCUT2D eigenvalue weighted by Gasteiger charge is -2.38. The van der Waals surface area contributed by atoms with Crippen molar-refractivity contribution in [1.82, 2.24) is 30.7 Å². The number of hydrogen-bond acceptors (Lipinski definition) is 6. The van der Waals surface area contributed by atoms with Crippen molar-refractivity contribution in [2.45, 2.75) is 92.5 Å². The summed E-state index contributed by atoms with van der Waals surface area (Å²) in [4.78, 5) is 80.2. The molecule has 12 nitrogen and oxygen atoms in total. The number of Topliss-reactive ketones (excluding diaryl/α,β-unsaturated/α-hetero) is 1. The number of nitrogens with zero attached hydrogens (tertiary/aromatic N) is 2. The van der Waals surface area contributed by atoms with Crippen LogP contribution in [-0.2, 0) is 25.7 Å². The summed E-state index contributed by atoms with van der Waals surface area (Å²) in [5.41, 5.74) is -1.09. The number of aromatic nitrogens is 1. The second-order valence-corrected chi connectivity index (χ2v) is 14.2. The quantitative estimate of drug-likeness (QED) is 0.193. The molecule has 45 heavy (non-hydrogen) atoms. The number of nitrogens with one attached hydrogen (secondary N) is 4. The maximum Gasteiger partial charge on any atom is 0.315 e. The number of fused-ring (bicyclic) bond motifs is 1. The number of piperidine rings is 1. The van der Waals surface area contributed by atoms with Crippen molar-refractivity contribution >= 4 is 29.5 Å². The monoisotopic (exact) mass is 626 g/mol. The van der Waals surface area contributed by atoms with Crippen LogP contribution >= 0.6 is 0 Å². The summed E-state index contributed by atoms with van der Waals surface area (Å²) in [6.45, 7) is 19.4. The van der Waals surface area contributed by atoms with Crippen LogP contribution in [0.15, 0.2) is 41.8 Å². The van der Waals surface area contributed by atoms with Crippen molar-refractivity contribution in [1.29, 1.82) is 0 Å². The van der Waals surface area contributed by atoms with E-state index in [1.165, 1.54) is 21.6 Å². The fourth-order valence-electron chi connectivity index (χ4n) is 6.24. The molecule has 1 saturated carbocycles. The molecule has 3 rings (SSSR count). The number of likely N-dealkylation sites (tertiary alicyclic amines) is 1. The highest BCUT2D eigenvalue weighted by Crippen LogP contribution is 2.65. The number of carbonyl (C=O) groups excluding carboxylic acids is 5. The third-order valence-corrected chi connectivity index (χ3v) is 9.23. The molecule has 4 N–H and O–H groups in total. The van der Waals surface area contributed by atoms with Gasteiger partial charge in [-0.2, -0.15) is 0 Å². The summed E-state index contributed by atoms with van der Waals surface area (Å²) in [5, 5.41) is 11.0. The Hall–Kier alpha value is -3.96.